The lowest BCUT2D eigenvalue weighted by Crippen LogP contribution is -2.31. The molecule has 0 heterocycles. The second-order valence-electron chi connectivity index (χ2n) is 7.41. The van der Waals surface area contributed by atoms with E-state index < -0.39 is 0 Å². The van der Waals surface area contributed by atoms with E-state index in [2.05, 4.69) is 12.2 Å². The smallest absolute Gasteiger partial charge is 0.0165 e. The summed E-state index contributed by atoms with van der Waals surface area (Å²) in [7, 11) is 1.98. The third-order valence-corrected chi connectivity index (χ3v) is 4.89. The van der Waals surface area contributed by atoms with E-state index >= 15 is 0 Å². The molecule has 0 aromatic rings. The van der Waals surface area contributed by atoms with Crippen molar-refractivity contribution in [2.75, 3.05) is 13.6 Å². The maximum absolute atomic E-state index is 5.98. The van der Waals surface area contributed by atoms with Crippen LogP contribution < -0.4 is 11.1 Å². The largest absolute Gasteiger partial charge is 0.327 e. The molecular formula is C21H46N2. The molecule has 0 saturated carbocycles. The fourth-order valence-corrected chi connectivity index (χ4v) is 3.32. The van der Waals surface area contributed by atoms with Crippen LogP contribution in [0.1, 0.15) is 116 Å². The second-order valence-corrected chi connectivity index (χ2v) is 7.41. The minimum absolute atomic E-state index is 0.353. The van der Waals surface area contributed by atoms with Crippen LogP contribution in [-0.4, -0.2) is 19.6 Å². The molecule has 0 aromatic carbocycles. The average molecular weight is 327 g/mol. The summed E-state index contributed by atoms with van der Waals surface area (Å²) in [6.07, 6.45) is 24.1. The Kier molecular flexibility index (Phi) is 19.9. The van der Waals surface area contributed by atoms with Crippen molar-refractivity contribution in [3.63, 3.8) is 0 Å². The van der Waals surface area contributed by atoms with Gasteiger partial charge in [0.2, 0.25) is 0 Å². The molecule has 0 aliphatic rings. The number of rotatable bonds is 19. The van der Waals surface area contributed by atoms with E-state index in [9.17, 15) is 0 Å². The van der Waals surface area contributed by atoms with E-state index in [-0.39, 0.29) is 0 Å². The maximum atomic E-state index is 5.98. The van der Waals surface area contributed by atoms with Crippen LogP contribution in [0, 0.1) is 0 Å². The highest BCUT2D eigenvalue weighted by atomic mass is 14.9. The summed E-state index contributed by atoms with van der Waals surface area (Å²) in [6.45, 7) is 3.25. The lowest BCUT2D eigenvalue weighted by atomic mass is 10.0. The lowest BCUT2D eigenvalue weighted by Gasteiger charge is -2.10. The maximum Gasteiger partial charge on any atom is 0.0165 e. The minimum Gasteiger partial charge on any atom is -0.327 e. The van der Waals surface area contributed by atoms with Crippen molar-refractivity contribution < 1.29 is 0 Å². The number of nitrogens with two attached hydrogens (primary N) is 1. The summed E-state index contributed by atoms with van der Waals surface area (Å²) in [5, 5.41) is 3.15. The van der Waals surface area contributed by atoms with Gasteiger partial charge in [-0.1, -0.05) is 110 Å². The van der Waals surface area contributed by atoms with Crippen LogP contribution in [0.25, 0.3) is 0 Å². The van der Waals surface area contributed by atoms with Gasteiger partial charge >= 0.3 is 0 Å². The molecular weight excluding hydrogens is 280 g/mol. The van der Waals surface area contributed by atoms with Gasteiger partial charge < -0.3 is 11.1 Å². The van der Waals surface area contributed by atoms with Gasteiger partial charge in [0, 0.05) is 12.6 Å². The lowest BCUT2D eigenvalue weighted by molar-refractivity contribution is 0.506. The van der Waals surface area contributed by atoms with Gasteiger partial charge in [0.25, 0.3) is 0 Å². The zero-order chi connectivity index (χ0) is 17.0. The molecule has 23 heavy (non-hydrogen) atoms. The fraction of sp³-hybridized carbons (Fsp3) is 1.00. The highest BCUT2D eigenvalue weighted by molar-refractivity contribution is 4.62. The average Bonchev–Trinajstić information content (AvgIpc) is 2.54. The van der Waals surface area contributed by atoms with E-state index in [4.69, 9.17) is 5.73 Å². The fourth-order valence-electron chi connectivity index (χ4n) is 3.32. The summed E-state index contributed by atoms with van der Waals surface area (Å²) < 4.78 is 0. The summed E-state index contributed by atoms with van der Waals surface area (Å²) in [5.74, 6) is 0. The van der Waals surface area contributed by atoms with Crippen LogP contribution in [0.4, 0.5) is 0 Å². The van der Waals surface area contributed by atoms with E-state index in [1.54, 1.807) is 0 Å². The Hall–Kier alpha value is -0.0800. The molecule has 0 amide bonds. The molecule has 0 aliphatic heterocycles. The van der Waals surface area contributed by atoms with Crippen LogP contribution in [0.3, 0.4) is 0 Å². The molecule has 0 aliphatic carbocycles. The molecule has 2 nitrogen and oxygen atoms in total. The van der Waals surface area contributed by atoms with Crippen molar-refractivity contribution in [3.8, 4) is 0 Å². The third kappa shape index (κ3) is 19.9. The zero-order valence-corrected chi connectivity index (χ0v) is 16.4. The summed E-state index contributed by atoms with van der Waals surface area (Å²) >= 11 is 0. The monoisotopic (exact) mass is 326 g/mol. The van der Waals surface area contributed by atoms with Crippen molar-refractivity contribution in [1.29, 1.82) is 0 Å². The van der Waals surface area contributed by atoms with Crippen molar-refractivity contribution >= 4 is 0 Å². The standard InChI is InChI=1S/C21H46N2/c1-3-4-5-6-7-8-9-10-11-12-13-14-15-16-17-18-19-21(22)20-23-2/h21,23H,3-20,22H2,1-2H3. The zero-order valence-electron chi connectivity index (χ0n) is 16.4. The molecule has 0 aromatic heterocycles. The van der Waals surface area contributed by atoms with Gasteiger partial charge in [0.1, 0.15) is 0 Å². The molecule has 140 valence electrons. The molecule has 0 saturated heterocycles. The highest BCUT2D eigenvalue weighted by Crippen LogP contribution is 2.14. The van der Waals surface area contributed by atoms with Crippen molar-refractivity contribution in [3.05, 3.63) is 0 Å². The molecule has 3 N–H and O–H groups in total. The number of hydrogen-bond donors (Lipinski definition) is 2. The number of likely N-dealkylation sites (N-methyl/N-ethyl adjacent to an activating group) is 1. The van der Waals surface area contributed by atoms with Crippen LogP contribution in [0.5, 0.6) is 0 Å². The highest BCUT2D eigenvalue weighted by Gasteiger charge is 2.00. The topological polar surface area (TPSA) is 38.0 Å². The van der Waals surface area contributed by atoms with Gasteiger partial charge in [-0.3, -0.25) is 0 Å². The Morgan fingerprint density at radius 2 is 0.957 bits per heavy atom. The van der Waals surface area contributed by atoms with E-state index in [0.29, 0.717) is 6.04 Å². The summed E-state index contributed by atoms with van der Waals surface area (Å²) in [5.41, 5.74) is 5.98. The summed E-state index contributed by atoms with van der Waals surface area (Å²) in [4.78, 5) is 0. The molecule has 0 rings (SSSR count). The Labute approximate surface area is 147 Å². The van der Waals surface area contributed by atoms with Gasteiger partial charge in [-0.05, 0) is 13.5 Å². The molecule has 0 fully saturated rings. The molecule has 0 bridgehead atoms. The van der Waals surface area contributed by atoms with Gasteiger partial charge in [0.15, 0.2) is 0 Å². The Bertz CT molecular complexity index is 206. The normalized spacial score (nSPS) is 12.7. The predicted molar refractivity (Wildman–Crippen MR) is 106 cm³/mol. The SMILES string of the molecule is CCCCCCCCCCCCCCCCCCC(N)CNC. The first-order valence-electron chi connectivity index (χ1n) is 10.7. The Morgan fingerprint density at radius 3 is 1.30 bits per heavy atom. The number of nitrogens with one attached hydrogen (secondary N) is 1. The summed E-state index contributed by atoms with van der Waals surface area (Å²) in [6, 6.07) is 0.353. The first-order chi connectivity index (χ1) is 11.3. The van der Waals surface area contributed by atoms with E-state index in [0.717, 1.165) is 6.54 Å². The number of unbranched alkanes of at least 4 members (excludes halogenated alkanes) is 15. The second kappa shape index (κ2) is 20.0. The van der Waals surface area contributed by atoms with Crippen LogP contribution >= 0.6 is 0 Å². The molecule has 2 heteroatoms. The van der Waals surface area contributed by atoms with Crippen LogP contribution in [-0.2, 0) is 0 Å². The predicted octanol–water partition coefficient (Wildman–Crippen LogP) is 6.18. The Balaban J connectivity index is 3.00. The van der Waals surface area contributed by atoms with Gasteiger partial charge in [-0.2, -0.15) is 0 Å². The van der Waals surface area contributed by atoms with Gasteiger partial charge in [0.05, 0.1) is 0 Å². The molecule has 1 unspecified atom stereocenters. The number of hydrogen-bond acceptors (Lipinski definition) is 2. The van der Waals surface area contributed by atoms with Crippen molar-refractivity contribution in [2.24, 2.45) is 5.73 Å². The van der Waals surface area contributed by atoms with Crippen molar-refractivity contribution in [1.82, 2.24) is 5.32 Å². The van der Waals surface area contributed by atoms with E-state index in [1.165, 1.54) is 109 Å². The Morgan fingerprint density at radius 1 is 0.609 bits per heavy atom. The molecule has 0 spiro atoms. The van der Waals surface area contributed by atoms with E-state index in [1.807, 2.05) is 7.05 Å². The third-order valence-electron chi connectivity index (χ3n) is 4.89. The van der Waals surface area contributed by atoms with Gasteiger partial charge in [-0.25, -0.2) is 0 Å². The van der Waals surface area contributed by atoms with Crippen LogP contribution in [0.15, 0.2) is 0 Å². The quantitative estimate of drug-likeness (QED) is 0.278. The van der Waals surface area contributed by atoms with Gasteiger partial charge in [-0.15, -0.1) is 0 Å². The first-order valence-corrected chi connectivity index (χ1v) is 10.7. The minimum atomic E-state index is 0.353. The van der Waals surface area contributed by atoms with Crippen LogP contribution in [0.2, 0.25) is 0 Å². The molecule has 1 atom stereocenters. The molecule has 0 radical (unpaired) electrons. The first kappa shape index (κ1) is 22.9. The van der Waals surface area contributed by atoms with Crippen molar-refractivity contribution in [2.45, 2.75) is 122 Å².